The largest absolute Gasteiger partial charge is 0.378 e. The molecule has 0 atom stereocenters. The van der Waals surface area contributed by atoms with E-state index in [2.05, 4.69) is 10.2 Å². The molecule has 4 nitrogen and oxygen atoms in total. The quantitative estimate of drug-likeness (QED) is 0.304. The number of rotatable bonds is 5. The van der Waals surface area contributed by atoms with Gasteiger partial charge in [0.25, 0.3) is 0 Å². The zero-order chi connectivity index (χ0) is 6.24. The van der Waals surface area contributed by atoms with Crippen molar-refractivity contribution in [3.63, 3.8) is 0 Å². The van der Waals surface area contributed by atoms with E-state index in [1.54, 1.807) is 0 Å². The first kappa shape index (κ1) is 7.36. The third-order valence-corrected chi connectivity index (χ3v) is 0.576. The van der Waals surface area contributed by atoms with E-state index in [0.29, 0.717) is 13.2 Å². The fraction of sp³-hybridized carbons (Fsp3) is 1.00. The van der Waals surface area contributed by atoms with Gasteiger partial charge in [-0.1, -0.05) is 0 Å². The van der Waals surface area contributed by atoms with Crippen LogP contribution in [0, 0.1) is 4.91 Å². The summed E-state index contributed by atoms with van der Waals surface area (Å²) < 4.78 is 4.81. The smallest absolute Gasteiger partial charge is 0.155 e. The summed E-state index contributed by atoms with van der Waals surface area (Å²) in [5, 5.41) is 2.18. The van der Waals surface area contributed by atoms with Crippen LogP contribution < -0.4 is 0 Å². The van der Waals surface area contributed by atoms with Crippen LogP contribution >= 0.6 is 0 Å². The maximum atomic E-state index is 9.24. The molecule has 0 saturated heterocycles. The Morgan fingerprint density at radius 2 is 2.25 bits per heavy atom. The van der Waals surface area contributed by atoms with Gasteiger partial charge in [-0.2, -0.15) is 0 Å². The Balaban J connectivity index is 2.62. The molecule has 0 saturated carbocycles. The number of ether oxygens (including phenoxy) is 1. The second-order valence-electron chi connectivity index (χ2n) is 1.10. The summed E-state index contributed by atoms with van der Waals surface area (Å²) in [5.74, 6) is 0. The lowest BCUT2D eigenvalue weighted by atomic mass is 10.7. The topological polar surface area (TPSA) is 47.9 Å². The van der Waals surface area contributed by atoms with Crippen molar-refractivity contribution in [2.75, 3.05) is 19.8 Å². The molecule has 0 aromatic heterocycles. The van der Waals surface area contributed by atoms with Crippen molar-refractivity contribution < 1.29 is 9.57 Å². The molecule has 8 heavy (non-hydrogen) atoms. The summed E-state index contributed by atoms with van der Waals surface area (Å²) in [6.45, 7) is 3.19. The van der Waals surface area contributed by atoms with Gasteiger partial charge in [0, 0.05) is 6.61 Å². The highest BCUT2D eigenvalue weighted by molar-refractivity contribution is 4.22. The van der Waals surface area contributed by atoms with E-state index in [9.17, 15) is 4.91 Å². The summed E-state index contributed by atoms with van der Waals surface area (Å²) in [6.07, 6.45) is 0. The molecule has 0 radical (unpaired) electrons. The molecular weight excluding hydrogens is 110 g/mol. The third-order valence-electron chi connectivity index (χ3n) is 0.576. The Morgan fingerprint density at radius 1 is 1.50 bits per heavy atom. The van der Waals surface area contributed by atoms with Crippen molar-refractivity contribution in [1.29, 1.82) is 0 Å². The van der Waals surface area contributed by atoms with E-state index in [4.69, 9.17) is 4.74 Å². The second-order valence-corrected chi connectivity index (χ2v) is 1.10. The molecule has 0 aliphatic heterocycles. The van der Waals surface area contributed by atoms with Crippen LogP contribution in [0.15, 0.2) is 5.34 Å². The van der Waals surface area contributed by atoms with Crippen molar-refractivity contribution in [1.82, 2.24) is 0 Å². The van der Waals surface area contributed by atoms with Gasteiger partial charge < -0.3 is 9.57 Å². The zero-order valence-electron chi connectivity index (χ0n) is 4.79. The number of hydrogen-bond donors (Lipinski definition) is 0. The minimum absolute atomic E-state index is 0.247. The summed E-state index contributed by atoms with van der Waals surface area (Å²) in [5.41, 5.74) is 0. The van der Waals surface area contributed by atoms with Gasteiger partial charge in [-0.15, -0.1) is 4.91 Å². The Labute approximate surface area is 47.7 Å². The van der Waals surface area contributed by atoms with Crippen LogP contribution in [0.25, 0.3) is 0 Å². The highest BCUT2D eigenvalue weighted by Gasteiger charge is 1.82. The van der Waals surface area contributed by atoms with Gasteiger partial charge >= 0.3 is 0 Å². The van der Waals surface area contributed by atoms with Crippen LogP contribution in [-0.2, 0) is 9.57 Å². The molecule has 0 rings (SSSR count). The van der Waals surface area contributed by atoms with Crippen molar-refractivity contribution in [3.05, 3.63) is 4.91 Å². The fourth-order valence-electron chi connectivity index (χ4n) is 0.278. The van der Waals surface area contributed by atoms with Gasteiger partial charge in [0.05, 0.1) is 6.61 Å². The van der Waals surface area contributed by atoms with Gasteiger partial charge in [-0.05, 0) is 6.92 Å². The van der Waals surface area contributed by atoms with E-state index in [1.807, 2.05) is 6.92 Å². The first-order valence-corrected chi connectivity index (χ1v) is 2.44. The lowest BCUT2D eigenvalue weighted by molar-refractivity contribution is 0.0540. The first-order chi connectivity index (χ1) is 3.91. The maximum absolute atomic E-state index is 9.24. The van der Waals surface area contributed by atoms with E-state index >= 15 is 0 Å². The summed E-state index contributed by atoms with van der Waals surface area (Å²) in [4.78, 5) is 13.3. The predicted molar refractivity (Wildman–Crippen MR) is 28.2 cm³/mol. The standard InChI is InChI=1S/C4H9NO3/c1-2-7-3-4-8-5-6/h2-4H2,1H3. The molecule has 0 amide bonds. The molecule has 0 spiro atoms. The average Bonchev–Trinajstić information content (AvgIpc) is 1.81. The minimum Gasteiger partial charge on any atom is -0.378 e. The monoisotopic (exact) mass is 119 g/mol. The van der Waals surface area contributed by atoms with Gasteiger partial charge in [-0.3, -0.25) is 0 Å². The molecule has 0 unspecified atom stereocenters. The molecule has 0 aliphatic rings. The lowest BCUT2D eigenvalue weighted by Gasteiger charge is -1.94. The van der Waals surface area contributed by atoms with E-state index in [0.717, 1.165) is 0 Å². The predicted octanol–water partition coefficient (Wildman–Crippen LogP) is 0.721. The Morgan fingerprint density at radius 3 is 2.75 bits per heavy atom. The van der Waals surface area contributed by atoms with Crippen LogP contribution in [0.5, 0.6) is 0 Å². The van der Waals surface area contributed by atoms with Gasteiger partial charge in [0.15, 0.2) is 5.34 Å². The summed E-state index contributed by atoms with van der Waals surface area (Å²) in [7, 11) is 0. The van der Waals surface area contributed by atoms with Gasteiger partial charge in [0.2, 0.25) is 0 Å². The molecule has 0 aromatic carbocycles. The van der Waals surface area contributed by atoms with Crippen LogP contribution in [-0.4, -0.2) is 19.8 Å². The molecule has 48 valence electrons. The number of hydrogen-bond acceptors (Lipinski definition) is 4. The molecule has 0 fully saturated rings. The van der Waals surface area contributed by atoms with E-state index in [1.165, 1.54) is 0 Å². The summed E-state index contributed by atoms with van der Waals surface area (Å²) in [6, 6.07) is 0. The van der Waals surface area contributed by atoms with E-state index in [-0.39, 0.29) is 6.61 Å². The molecule has 0 bridgehead atoms. The van der Waals surface area contributed by atoms with Crippen molar-refractivity contribution in [2.24, 2.45) is 5.34 Å². The normalized spacial score (nSPS) is 8.62. The first-order valence-electron chi connectivity index (χ1n) is 2.44. The third kappa shape index (κ3) is 5.36. The molecule has 0 N–H and O–H groups in total. The zero-order valence-corrected chi connectivity index (χ0v) is 4.79. The highest BCUT2D eigenvalue weighted by Crippen LogP contribution is 1.75. The fourth-order valence-corrected chi connectivity index (χ4v) is 0.278. The second kappa shape index (κ2) is 6.36. The van der Waals surface area contributed by atoms with Crippen LogP contribution in [0.1, 0.15) is 6.92 Å². The lowest BCUT2D eigenvalue weighted by Crippen LogP contribution is -1.99. The van der Waals surface area contributed by atoms with Crippen molar-refractivity contribution >= 4 is 0 Å². The molecule has 4 heteroatoms. The van der Waals surface area contributed by atoms with Crippen molar-refractivity contribution in [3.8, 4) is 0 Å². The van der Waals surface area contributed by atoms with Crippen LogP contribution in [0.4, 0.5) is 0 Å². The van der Waals surface area contributed by atoms with Gasteiger partial charge in [0.1, 0.15) is 6.61 Å². The maximum Gasteiger partial charge on any atom is 0.155 e. The Kier molecular flexibility index (Phi) is 5.85. The van der Waals surface area contributed by atoms with Gasteiger partial charge in [-0.25, -0.2) is 0 Å². The minimum atomic E-state index is 0.247. The van der Waals surface area contributed by atoms with Crippen LogP contribution in [0.2, 0.25) is 0 Å². The van der Waals surface area contributed by atoms with Crippen LogP contribution in [0.3, 0.4) is 0 Å². The van der Waals surface area contributed by atoms with Crippen molar-refractivity contribution in [2.45, 2.75) is 6.92 Å². The van der Waals surface area contributed by atoms with E-state index < -0.39 is 0 Å². The Hall–Kier alpha value is -0.640. The summed E-state index contributed by atoms with van der Waals surface area (Å²) >= 11 is 0. The number of nitrogens with zero attached hydrogens (tertiary/aromatic N) is 1. The molecule has 0 aliphatic carbocycles. The average molecular weight is 119 g/mol. The Bertz CT molecular complexity index is 57.2. The highest BCUT2D eigenvalue weighted by atomic mass is 16.7. The molecular formula is C4H9NO3. The molecule has 0 aromatic rings. The SMILES string of the molecule is CCOCCON=O. The molecule has 0 heterocycles.